The highest BCUT2D eigenvalue weighted by Crippen LogP contribution is 2.37. The summed E-state index contributed by atoms with van der Waals surface area (Å²) in [5.41, 5.74) is 0.782. The van der Waals surface area contributed by atoms with E-state index < -0.39 is 5.60 Å². The molecule has 2 aliphatic rings. The number of rotatable bonds is 6. The molecule has 2 bridgehead atoms. The SMILES string of the molecule is COc1ccc(CCNC2C[C@H]3CC[C@@H](C2)N3C(=O)OC(C)(C)C)cc1OC. The van der Waals surface area contributed by atoms with Crippen LogP contribution in [0.25, 0.3) is 0 Å². The summed E-state index contributed by atoms with van der Waals surface area (Å²) >= 11 is 0. The van der Waals surface area contributed by atoms with Crippen molar-refractivity contribution in [1.29, 1.82) is 0 Å². The van der Waals surface area contributed by atoms with Crippen molar-refractivity contribution in [2.75, 3.05) is 20.8 Å². The van der Waals surface area contributed by atoms with Crippen molar-refractivity contribution in [3.63, 3.8) is 0 Å². The number of ether oxygens (including phenoxy) is 3. The van der Waals surface area contributed by atoms with Crippen LogP contribution in [0.15, 0.2) is 18.2 Å². The van der Waals surface area contributed by atoms with Crippen LogP contribution in [0, 0.1) is 0 Å². The number of fused-ring (bicyclic) bond motifs is 2. The van der Waals surface area contributed by atoms with Gasteiger partial charge >= 0.3 is 6.09 Å². The Balaban J connectivity index is 1.50. The van der Waals surface area contributed by atoms with Gasteiger partial charge in [-0.1, -0.05) is 6.07 Å². The smallest absolute Gasteiger partial charge is 0.410 e. The van der Waals surface area contributed by atoms with Gasteiger partial charge in [0.25, 0.3) is 0 Å². The van der Waals surface area contributed by atoms with Gasteiger partial charge in [0.15, 0.2) is 11.5 Å². The molecule has 2 saturated heterocycles. The molecule has 0 spiro atoms. The predicted molar refractivity (Wildman–Crippen MR) is 109 cm³/mol. The second-order valence-corrected chi connectivity index (χ2v) is 8.83. The lowest BCUT2D eigenvalue weighted by Gasteiger charge is -2.39. The van der Waals surface area contributed by atoms with E-state index in [2.05, 4.69) is 11.4 Å². The van der Waals surface area contributed by atoms with Crippen LogP contribution in [0.4, 0.5) is 4.79 Å². The monoisotopic (exact) mass is 390 g/mol. The Labute approximate surface area is 168 Å². The lowest BCUT2D eigenvalue weighted by Crippen LogP contribution is -2.52. The summed E-state index contributed by atoms with van der Waals surface area (Å²) in [5.74, 6) is 1.52. The number of nitrogens with zero attached hydrogens (tertiary/aromatic N) is 1. The highest BCUT2D eigenvalue weighted by Gasteiger charge is 2.44. The molecule has 2 aliphatic heterocycles. The molecule has 1 amide bonds. The summed E-state index contributed by atoms with van der Waals surface area (Å²) < 4.78 is 16.3. The average Bonchev–Trinajstić information content (AvgIpc) is 2.91. The van der Waals surface area contributed by atoms with Crippen LogP contribution in [0.5, 0.6) is 11.5 Å². The van der Waals surface area contributed by atoms with E-state index in [4.69, 9.17) is 14.2 Å². The molecule has 1 aromatic carbocycles. The molecule has 156 valence electrons. The van der Waals surface area contributed by atoms with Gasteiger partial charge in [0.2, 0.25) is 0 Å². The molecule has 1 aromatic rings. The summed E-state index contributed by atoms with van der Waals surface area (Å²) in [6, 6.07) is 7.12. The second kappa shape index (κ2) is 8.60. The fraction of sp³-hybridized carbons (Fsp3) is 0.682. The molecular formula is C22H34N2O4. The topological polar surface area (TPSA) is 60.0 Å². The van der Waals surface area contributed by atoms with E-state index in [1.165, 1.54) is 5.56 Å². The van der Waals surface area contributed by atoms with Crippen molar-refractivity contribution in [1.82, 2.24) is 10.2 Å². The number of hydrogen-bond donors (Lipinski definition) is 1. The highest BCUT2D eigenvalue weighted by molar-refractivity contribution is 5.69. The van der Waals surface area contributed by atoms with Crippen molar-refractivity contribution in [3.05, 3.63) is 23.8 Å². The Morgan fingerprint density at radius 3 is 2.32 bits per heavy atom. The van der Waals surface area contributed by atoms with E-state index in [1.54, 1.807) is 14.2 Å². The molecule has 28 heavy (non-hydrogen) atoms. The maximum atomic E-state index is 12.6. The second-order valence-electron chi connectivity index (χ2n) is 8.83. The summed E-state index contributed by atoms with van der Waals surface area (Å²) in [4.78, 5) is 14.6. The van der Waals surface area contributed by atoms with Gasteiger partial charge in [-0.3, -0.25) is 0 Å². The van der Waals surface area contributed by atoms with Crippen LogP contribution in [0.3, 0.4) is 0 Å². The first-order chi connectivity index (χ1) is 13.3. The van der Waals surface area contributed by atoms with E-state index in [0.717, 1.165) is 50.1 Å². The Kier molecular flexibility index (Phi) is 6.38. The van der Waals surface area contributed by atoms with Gasteiger partial charge < -0.3 is 24.4 Å². The Bertz CT molecular complexity index is 672. The minimum Gasteiger partial charge on any atom is -0.493 e. The molecule has 2 heterocycles. The van der Waals surface area contributed by atoms with E-state index in [1.807, 2.05) is 37.8 Å². The Morgan fingerprint density at radius 1 is 1.11 bits per heavy atom. The zero-order valence-corrected chi connectivity index (χ0v) is 17.8. The minimum absolute atomic E-state index is 0.149. The van der Waals surface area contributed by atoms with E-state index in [9.17, 15) is 4.79 Å². The fourth-order valence-corrected chi connectivity index (χ4v) is 4.41. The van der Waals surface area contributed by atoms with Gasteiger partial charge in [0.05, 0.1) is 14.2 Å². The third kappa shape index (κ3) is 4.90. The van der Waals surface area contributed by atoms with Gasteiger partial charge in [-0.25, -0.2) is 4.79 Å². The lowest BCUT2D eigenvalue weighted by atomic mass is 9.97. The van der Waals surface area contributed by atoms with Crippen LogP contribution < -0.4 is 14.8 Å². The van der Waals surface area contributed by atoms with Crippen LogP contribution in [0.1, 0.15) is 52.0 Å². The Morgan fingerprint density at radius 2 is 1.75 bits per heavy atom. The predicted octanol–water partition coefficient (Wildman–Crippen LogP) is 3.77. The van der Waals surface area contributed by atoms with Gasteiger partial charge in [0, 0.05) is 18.1 Å². The quantitative estimate of drug-likeness (QED) is 0.801. The zero-order valence-electron chi connectivity index (χ0n) is 17.8. The van der Waals surface area contributed by atoms with E-state index in [-0.39, 0.29) is 6.09 Å². The van der Waals surface area contributed by atoms with Crippen molar-refractivity contribution < 1.29 is 19.0 Å². The molecular weight excluding hydrogens is 356 g/mol. The molecule has 0 radical (unpaired) electrons. The molecule has 6 heteroatoms. The number of benzene rings is 1. The summed E-state index contributed by atoms with van der Waals surface area (Å²) in [6.07, 6.45) is 4.95. The average molecular weight is 391 g/mol. The van der Waals surface area contributed by atoms with Crippen molar-refractivity contribution in [2.45, 2.75) is 76.6 Å². The molecule has 3 atom stereocenters. The largest absolute Gasteiger partial charge is 0.493 e. The molecule has 0 aliphatic carbocycles. The van der Waals surface area contributed by atoms with Gasteiger partial charge in [-0.15, -0.1) is 0 Å². The van der Waals surface area contributed by atoms with Crippen molar-refractivity contribution in [3.8, 4) is 11.5 Å². The summed E-state index contributed by atoms with van der Waals surface area (Å²) in [6.45, 7) is 6.69. The minimum atomic E-state index is -0.439. The van der Waals surface area contributed by atoms with E-state index >= 15 is 0 Å². The first kappa shape index (κ1) is 20.8. The Hall–Kier alpha value is -1.95. The van der Waals surface area contributed by atoms with Crippen LogP contribution in [-0.4, -0.2) is 55.5 Å². The number of piperidine rings is 1. The first-order valence-electron chi connectivity index (χ1n) is 10.3. The molecule has 1 unspecified atom stereocenters. The number of methoxy groups -OCH3 is 2. The number of nitrogens with one attached hydrogen (secondary N) is 1. The number of hydrogen-bond acceptors (Lipinski definition) is 5. The highest BCUT2D eigenvalue weighted by atomic mass is 16.6. The van der Waals surface area contributed by atoms with Crippen LogP contribution in [-0.2, 0) is 11.2 Å². The van der Waals surface area contributed by atoms with Gasteiger partial charge in [0.1, 0.15) is 5.60 Å². The molecule has 2 fully saturated rings. The number of carbonyl (C=O) groups is 1. The fourth-order valence-electron chi connectivity index (χ4n) is 4.41. The standard InChI is InChI=1S/C22H34N2O4/c1-22(2,3)28-21(25)24-17-7-8-18(24)14-16(13-17)23-11-10-15-6-9-19(26-4)20(12-15)27-5/h6,9,12,16-18,23H,7-8,10-11,13-14H2,1-5H3/t16?,17-,18+. The van der Waals surface area contributed by atoms with E-state index in [0.29, 0.717) is 18.1 Å². The van der Waals surface area contributed by atoms with Crippen molar-refractivity contribution in [2.24, 2.45) is 0 Å². The molecule has 1 N–H and O–H groups in total. The number of carbonyl (C=O) groups excluding carboxylic acids is 1. The molecule has 3 rings (SSSR count). The third-order valence-electron chi connectivity index (χ3n) is 5.63. The molecule has 0 saturated carbocycles. The summed E-state index contributed by atoms with van der Waals surface area (Å²) in [5, 5.41) is 3.69. The molecule has 0 aromatic heterocycles. The van der Waals surface area contributed by atoms with Gasteiger partial charge in [-0.05, 0) is 77.1 Å². The van der Waals surface area contributed by atoms with Crippen LogP contribution in [0.2, 0.25) is 0 Å². The third-order valence-corrected chi connectivity index (χ3v) is 5.63. The number of amides is 1. The van der Waals surface area contributed by atoms with Crippen LogP contribution >= 0.6 is 0 Å². The van der Waals surface area contributed by atoms with Crippen molar-refractivity contribution >= 4 is 6.09 Å². The zero-order chi connectivity index (χ0) is 20.3. The molecule has 6 nitrogen and oxygen atoms in total. The maximum Gasteiger partial charge on any atom is 0.410 e. The normalized spacial score (nSPS) is 24.2. The maximum absolute atomic E-state index is 12.6. The first-order valence-corrected chi connectivity index (χ1v) is 10.3. The summed E-state index contributed by atoms with van der Waals surface area (Å²) in [7, 11) is 3.31. The lowest BCUT2D eigenvalue weighted by molar-refractivity contribution is 0.00477. The van der Waals surface area contributed by atoms with Gasteiger partial charge in [-0.2, -0.15) is 0 Å².